The van der Waals surface area contributed by atoms with Crippen LogP contribution < -0.4 is 5.32 Å². The van der Waals surface area contributed by atoms with Gasteiger partial charge in [-0.1, -0.05) is 12.1 Å². The Balaban J connectivity index is 1.90. The van der Waals surface area contributed by atoms with Crippen LogP contribution in [0.3, 0.4) is 0 Å². The topological polar surface area (TPSA) is 62.2 Å². The average Bonchev–Trinajstić information content (AvgIpc) is 2.80. The maximum absolute atomic E-state index is 12.7. The molecule has 0 aliphatic rings. The van der Waals surface area contributed by atoms with E-state index in [2.05, 4.69) is 10.3 Å². The number of carbonyl (C=O) groups is 1. The first kappa shape index (κ1) is 12.5. The predicted molar refractivity (Wildman–Crippen MR) is 67.7 cm³/mol. The van der Waals surface area contributed by atoms with Gasteiger partial charge in [-0.15, -0.1) is 11.3 Å². The Morgan fingerprint density at radius 1 is 1.39 bits per heavy atom. The molecule has 0 aliphatic heterocycles. The lowest BCUT2D eigenvalue weighted by Gasteiger charge is -2.04. The van der Waals surface area contributed by atoms with Crippen molar-refractivity contribution in [2.75, 3.05) is 11.9 Å². The molecule has 94 valence electrons. The molecule has 0 unspecified atom stereocenters. The van der Waals surface area contributed by atoms with E-state index >= 15 is 0 Å². The third-order valence-electron chi connectivity index (χ3n) is 2.38. The van der Waals surface area contributed by atoms with Crippen molar-refractivity contribution in [2.45, 2.75) is 6.42 Å². The second-order valence-corrected chi connectivity index (χ2v) is 4.49. The number of aromatic carboxylic acids is 1. The molecule has 4 nitrogen and oxygen atoms in total. The van der Waals surface area contributed by atoms with Crippen LogP contribution in [0.25, 0.3) is 0 Å². The third-order valence-corrected chi connectivity index (χ3v) is 3.17. The van der Waals surface area contributed by atoms with Crippen LogP contribution in [0.2, 0.25) is 0 Å². The Labute approximate surface area is 107 Å². The van der Waals surface area contributed by atoms with Gasteiger partial charge in [-0.3, -0.25) is 0 Å². The number of hydrogen-bond donors (Lipinski definition) is 2. The third kappa shape index (κ3) is 3.04. The second kappa shape index (κ2) is 5.59. The molecular weight excluding hydrogens is 255 g/mol. The highest BCUT2D eigenvalue weighted by molar-refractivity contribution is 7.14. The molecule has 2 N–H and O–H groups in total. The number of nitrogens with zero attached hydrogens (tertiary/aromatic N) is 1. The van der Waals surface area contributed by atoms with Crippen LogP contribution in [-0.2, 0) is 6.42 Å². The Morgan fingerprint density at radius 2 is 2.11 bits per heavy atom. The van der Waals surface area contributed by atoms with E-state index in [0.717, 1.165) is 5.56 Å². The molecule has 2 aromatic rings. The normalized spacial score (nSPS) is 10.3. The molecule has 1 aromatic carbocycles. The molecule has 6 heteroatoms. The van der Waals surface area contributed by atoms with Crippen molar-refractivity contribution in [2.24, 2.45) is 0 Å². The SMILES string of the molecule is O=C(O)c1ncsc1NCCc1ccc(F)cc1. The van der Waals surface area contributed by atoms with E-state index in [1.807, 2.05) is 0 Å². The largest absolute Gasteiger partial charge is 0.476 e. The van der Waals surface area contributed by atoms with Crippen LogP contribution in [0.15, 0.2) is 29.8 Å². The lowest BCUT2D eigenvalue weighted by molar-refractivity contribution is 0.0692. The number of aromatic nitrogens is 1. The van der Waals surface area contributed by atoms with E-state index in [9.17, 15) is 9.18 Å². The van der Waals surface area contributed by atoms with E-state index in [1.165, 1.54) is 29.0 Å². The number of benzene rings is 1. The van der Waals surface area contributed by atoms with Gasteiger partial charge in [0.2, 0.25) is 0 Å². The molecule has 0 aliphatic carbocycles. The van der Waals surface area contributed by atoms with Gasteiger partial charge in [-0.2, -0.15) is 0 Å². The summed E-state index contributed by atoms with van der Waals surface area (Å²) in [6.45, 7) is 0.577. The molecule has 1 aromatic heterocycles. The van der Waals surface area contributed by atoms with Gasteiger partial charge < -0.3 is 10.4 Å². The van der Waals surface area contributed by atoms with E-state index < -0.39 is 5.97 Å². The summed E-state index contributed by atoms with van der Waals surface area (Å²) in [5.74, 6) is -1.30. The zero-order valence-corrected chi connectivity index (χ0v) is 10.2. The van der Waals surface area contributed by atoms with Crippen LogP contribution in [-0.4, -0.2) is 22.6 Å². The minimum Gasteiger partial charge on any atom is -0.476 e. The number of carboxylic acid groups (broad SMARTS) is 1. The van der Waals surface area contributed by atoms with Crippen molar-refractivity contribution in [3.63, 3.8) is 0 Å². The molecule has 0 spiro atoms. The van der Waals surface area contributed by atoms with Crippen molar-refractivity contribution < 1.29 is 14.3 Å². The van der Waals surface area contributed by atoms with E-state index in [4.69, 9.17) is 5.11 Å². The molecule has 0 amide bonds. The highest BCUT2D eigenvalue weighted by Gasteiger charge is 2.12. The molecule has 0 fully saturated rings. The fraction of sp³-hybridized carbons (Fsp3) is 0.167. The first-order chi connectivity index (χ1) is 8.66. The monoisotopic (exact) mass is 266 g/mol. The molecule has 0 atom stereocenters. The van der Waals surface area contributed by atoms with Crippen molar-refractivity contribution in [3.05, 3.63) is 46.9 Å². The first-order valence-electron chi connectivity index (χ1n) is 5.32. The molecule has 18 heavy (non-hydrogen) atoms. The average molecular weight is 266 g/mol. The highest BCUT2D eigenvalue weighted by atomic mass is 32.1. The Kier molecular flexibility index (Phi) is 3.88. The van der Waals surface area contributed by atoms with Gasteiger partial charge in [0.25, 0.3) is 0 Å². The number of carboxylic acids is 1. The molecular formula is C12H11FN2O2S. The van der Waals surface area contributed by atoms with E-state index in [1.54, 1.807) is 12.1 Å². The zero-order valence-electron chi connectivity index (χ0n) is 9.39. The number of hydrogen-bond acceptors (Lipinski definition) is 4. The van der Waals surface area contributed by atoms with Crippen LogP contribution in [0.4, 0.5) is 9.39 Å². The van der Waals surface area contributed by atoms with Crippen LogP contribution in [0.1, 0.15) is 16.1 Å². The zero-order chi connectivity index (χ0) is 13.0. The van der Waals surface area contributed by atoms with Gasteiger partial charge in [0.1, 0.15) is 10.8 Å². The van der Waals surface area contributed by atoms with Gasteiger partial charge >= 0.3 is 5.97 Å². The molecule has 0 saturated heterocycles. The van der Waals surface area contributed by atoms with Gasteiger partial charge in [0.15, 0.2) is 5.69 Å². The van der Waals surface area contributed by atoms with Crippen molar-refractivity contribution in [3.8, 4) is 0 Å². The fourth-order valence-corrected chi connectivity index (χ4v) is 2.20. The molecule has 0 saturated carbocycles. The Morgan fingerprint density at radius 3 is 2.78 bits per heavy atom. The lowest BCUT2D eigenvalue weighted by atomic mass is 10.1. The van der Waals surface area contributed by atoms with Gasteiger partial charge in [-0.25, -0.2) is 14.2 Å². The Bertz CT molecular complexity index is 539. The summed E-state index contributed by atoms with van der Waals surface area (Å²) in [4.78, 5) is 14.6. The first-order valence-corrected chi connectivity index (χ1v) is 6.20. The summed E-state index contributed by atoms with van der Waals surface area (Å²) in [5, 5.41) is 12.4. The predicted octanol–water partition coefficient (Wildman–Crippen LogP) is 2.64. The van der Waals surface area contributed by atoms with Gasteiger partial charge in [0, 0.05) is 6.54 Å². The summed E-state index contributed by atoms with van der Waals surface area (Å²) in [6, 6.07) is 6.24. The minimum absolute atomic E-state index is 0.0408. The number of halogens is 1. The quantitative estimate of drug-likeness (QED) is 0.873. The van der Waals surface area contributed by atoms with Crippen molar-refractivity contribution in [1.29, 1.82) is 0 Å². The second-order valence-electron chi connectivity index (χ2n) is 3.64. The summed E-state index contributed by atoms with van der Waals surface area (Å²) in [7, 11) is 0. The maximum atomic E-state index is 12.7. The van der Waals surface area contributed by atoms with Crippen LogP contribution >= 0.6 is 11.3 Å². The van der Waals surface area contributed by atoms with E-state index in [0.29, 0.717) is 18.0 Å². The van der Waals surface area contributed by atoms with Crippen molar-refractivity contribution >= 4 is 22.3 Å². The summed E-state index contributed by atoms with van der Waals surface area (Å²) in [5.41, 5.74) is 2.52. The fourth-order valence-electron chi connectivity index (χ4n) is 1.50. The van der Waals surface area contributed by atoms with Crippen LogP contribution in [0, 0.1) is 5.82 Å². The molecule has 0 bridgehead atoms. The maximum Gasteiger partial charge on any atom is 0.357 e. The summed E-state index contributed by atoms with van der Waals surface area (Å²) in [6.07, 6.45) is 0.692. The molecule has 1 heterocycles. The molecule has 0 radical (unpaired) electrons. The smallest absolute Gasteiger partial charge is 0.357 e. The number of anilines is 1. The summed E-state index contributed by atoms with van der Waals surface area (Å²) >= 11 is 1.25. The standard InChI is InChI=1S/C12H11FN2O2S/c13-9-3-1-8(2-4-9)5-6-14-11-10(12(16)17)15-7-18-11/h1-4,7,14H,5-6H2,(H,16,17). The van der Waals surface area contributed by atoms with Crippen LogP contribution in [0.5, 0.6) is 0 Å². The van der Waals surface area contributed by atoms with Gasteiger partial charge in [-0.05, 0) is 24.1 Å². The number of nitrogens with one attached hydrogen (secondary N) is 1. The summed E-state index contributed by atoms with van der Waals surface area (Å²) < 4.78 is 12.7. The minimum atomic E-state index is -1.04. The lowest BCUT2D eigenvalue weighted by Crippen LogP contribution is -2.08. The van der Waals surface area contributed by atoms with Gasteiger partial charge in [0.05, 0.1) is 5.51 Å². The highest BCUT2D eigenvalue weighted by Crippen LogP contribution is 2.19. The number of rotatable bonds is 5. The van der Waals surface area contributed by atoms with E-state index in [-0.39, 0.29) is 11.5 Å². The van der Waals surface area contributed by atoms with Crippen molar-refractivity contribution in [1.82, 2.24) is 4.98 Å². The molecule has 2 rings (SSSR count). The Hall–Kier alpha value is -1.95. The number of thiazole rings is 1.